The second kappa shape index (κ2) is 8.52. The van der Waals surface area contributed by atoms with E-state index in [1.54, 1.807) is 11.8 Å². The first-order valence-corrected chi connectivity index (χ1v) is 12.3. The van der Waals surface area contributed by atoms with Crippen molar-refractivity contribution >= 4 is 22.8 Å². The Hall–Kier alpha value is -2.56. The summed E-state index contributed by atoms with van der Waals surface area (Å²) in [5, 5.41) is 3.46. The number of imidazole rings is 1. The zero-order valence-corrected chi connectivity index (χ0v) is 19.3. The van der Waals surface area contributed by atoms with Gasteiger partial charge in [0.05, 0.1) is 11.0 Å². The summed E-state index contributed by atoms with van der Waals surface area (Å²) in [6.45, 7) is 4.43. The lowest BCUT2D eigenvalue weighted by Gasteiger charge is -2.23. The Labute approximate surface area is 188 Å². The van der Waals surface area contributed by atoms with Gasteiger partial charge in [0, 0.05) is 17.5 Å². The normalized spacial score (nSPS) is 14.9. The van der Waals surface area contributed by atoms with Gasteiger partial charge in [0.2, 0.25) is 0 Å². The van der Waals surface area contributed by atoms with Gasteiger partial charge < -0.3 is 9.88 Å². The molecule has 0 radical (unpaired) electrons. The van der Waals surface area contributed by atoms with Gasteiger partial charge in [-0.25, -0.2) is 4.98 Å². The molecule has 3 nitrogen and oxygen atoms in total. The summed E-state index contributed by atoms with van der Waals surface area (Å²) in [4.78, 5) is 6.27. The molecule has 31 heavy (non-hydrogen) atoms. The number of rotatable bonds is 4. The molecule has 4 aromatic rings. The molecule has 0 spiro atoms. The number of benzene rings is 3. The van der Waals surface area contributed by atoms with Crippen LogP contribution in [0.25, 0.3) is 33.5 Å². The summed E-state index contributed by atoms with van der Waals surface area (Å²) in [6, 6.07) is 22.5. The van der Waals surface area contributed by atoms with E-state index in [4.69, 9.17) is 4.98 Å². The molecule has 1 aromatic heterocycles. The molecule has 3 aromatic carbocycles. The van der Waals surface area contributed by atoms with Crippen molar-refractivity contribution in [1.82, 2.24) is 14.9 Å². The van der Waals surface area contributed by atoms with Crippen molar-refractivity contribution in [3.8, 4) is 22.5 Å². The first kappa shape index (κ1) is 20.3. The molecule has 0 aliphatic carbocycles. The predicted molar refractivity (Wildman–Crippen MR) is 133 cm³/mol. The van der Waals surface area contributed by atoms with Crippen molar-refractivity contribution in [2.45, 2.75) is 30.6 Å². The van der Waals surface area contributed by atoms with Crippen LogP contribution >= 0.6 is 11.8 Å². The largest absolute Gasteiger partial charge is 0.327 e. The number of aryl methyl sites for hydroxylation is 2. The number of nitrogens with one attached hydrogen (secondary N) is 1. The van der Waals surface area contributed by atoms with Crippen LogP contribution in [0.4, 0.5) is 0 Å². The SMILES string of the molecule is CSc1ccc(-c2nc3c(C)cc(-c4ccc(C5CCNCC5)cc4)cc3n2C)cc1. The van der Waals surface area contributed by atoms with Crippen LogP contribution in [0.15, 0.2) is 65.6 Å². The van der Waals surface area contributed by atoms with Crippen molar-refractivity contribution < 1.29 is 0 Å². The molecule has 4 heteroatoms. The Bertz CT molecular complexity index is 1200. The first-order valence-electron chi connectivity index (χ1n) is 11.1. The number of hydrogen-bond acceptors (Lipinski definition) is 3. The summed E-state index contributed by atoms with van der Waals surface area (Å²) in [5.74, 6) is 1.71. The maximum atomic E-state index is 5.00. The van der Waals surface area contributed by atoms with Crippen LogP contribution in [0.2, 0.25) is 0 Å². The van der Waals surface area contributed by atoms with E-state index in [2.05, 4.69) is 90.8 Å². The van der Waals surface area contributed by atoms with Gasteiger partial charge in [0.25, 0.3) is 0 Å². The van der Waals surface area contributed by atoms with Gasteiger partial charge >= 0.3 is 0 Å². The molecule has 1 aliphatic heterocycles. The third-order valence-electron chi connectivity index (χ3n) is 6.58. The topological polar surface area (TPSA) is 29.9 Å². The Kier molecular flexibility index (Phi) is 5.59. The van der Waals surface area contributed by atoms with Gasteiger partial charge in [-0.15, -0.1) is 11.8 Å². The van der Waals surface area contributed by atoms with E-state index in [0.29, 0.717) is 5.92 Å². The highest BCUT2D eigenvalue weighted by Crippen LogP contribution is 2.33. The van der Waals surface area contributed by atoms with E-state index in [1.807, 2.05) is 0 Å². The third-order valence-corrected chi connectivity index (χ3v) is 7.32. The number of piperidine rings is 1. The highest BCUT2D eigenvalue weighted by atomic mass is 32.2. The fraction of sp³-hybridized carbons (Fsp3) is 0.296. The quantitative estimate of drug-likeness (QED) is 0.382. The second-order valence-electron chi connectivity index (χ2n) is 8.53. The van der Waals surface area contributed by atoms with Crippen molar-refractivity contribution in [3.05, 3.63) is 71.8 Å². The Morgan fingerprint density at radius 3 is 2.26 bits per heavy atom. The van der Waals surface area contributed by atoms with E-state index < -0.39 is 0 Å². The van der Waals surface area contributed by atoms with E-state index in [-0.39, 0.29) is 0 Å². The fourth-order valence-corrected chi connectivity index (χ4v) is 5.13. The van der Waals surface area contributed by atoms with Gasteiger partial charge in [-0.3, -0.25) is 0 Å². The number of nitrogens with zero attached hydrogens (tertiary/aromatic N) is 2. The molecule has 0 amide bonds. The van der Waals surface area contributed by atoms with Crippen molar-refractivity contribution in [2.24, 2.45) is 7.05 Å². The standard InChI is InChI=1S/C27H29N3S/c1-18-16-23(20-6-4-19(5-7-20)21-12-14-28-15-13-21)17-25-26(18)29-27(30(25)2)22-8-10-24(31-3)11-9-22/h4-11,16-17,21,28H,12-15H2,1-3H3. The monoisotopic (exact) mass is 427 g/mol. The van der Waals surface area contributed by atoms with Gasteiger partial charge in [0.15, 0.2) is 0 Å². The minimum absolute atomic E-state index is 0.691. The van der Waals surface area contributed by atoms with Gasteiger partial charge in [0.1, 0.15) is 5.82 Å². The third kappa shape index (κ3) is 3.90. The van der Waals surface area contributed by atoms with Crippen LogP contribution in [0.5, 0.6) is 0 Å². The lowest BCUT2D eigenvalue weighted by molar-refractivity contribution is 0.460. The van der Waals surface area contributed by atoms with Crippen LogP contribution in [0.1, 0.15) is 29.9 Å². The molecule has 1 aliphatic rings. The zero-order valence-electron chi connectivity index (χ0n) is 18.5. The zero-order chi connectivity index (χ0) is 21.4. The van der Waals surface area contributed by atoms with E-state index in [0.717, 1.165) is 30.0 Å². The second-order valence-corrected chi connectivity index (χ2v) is 9.41. The average Bonchev–Trinajstić information content (AvgIpc) is 3.17. The molecule has 0 saturated carbocycles. The van der Waals surface area contributed by atoms with Crippen LogP contribution in [0, 0.1) is 6.92 Å². The van der Waals surface area contributed by atoms with Gasteiger partial charge in [-0.05, 0) is 91.5 Å². The Morgan fingerprint density at radius 2 is 1.58 bits per heavy atom. The molecule has 2 heterocycles. The molecular formula is C27H29N3S. The van der Waals surface area contributed by atoms with Crippen LogP contribution < -0.4 is 5.32 Å². The van der Waals surface area contributed by atoms with Crippen molar-refractivity contribution in [3.63, 3.8) is 0 Å². The molecular weight excluding hydrogens is 398 g/mol. The fourth-order valence-electron chi connectivity index (χ4n) is 4.73. The number of hydrogen-bond donors (Lipinski definition) is 1. The number of aromatic nitrogens is 2. The van der Waals surface area contributed by atoms with Crippen LogP contribution in [-0.4, -0.2) is 28.9 Å². The highest BCUT2D eigenvalue weighted by Gasteiger charge is 2.16. The minimum Gasteiger partial charge on any atom is -0.327 e. The van der Waals surface area contributed by atoms with Crippen LogP contribution in [-0.2, 0) is 7.05 Å². The van der Waals surface area contributed by atoms with E-state index in [9.17, 15) is 0 Å². The van der Waals surface area contributed by atoms with Crippen molar-refractivity contribution in [1.29, 1.82) is 0 Å². The smallest absolute Gasteiger partial charge is 0.140 e. The maximum Gasteiger partial charge on any atom is 0.140 e. The lowest BCUT2D eigenvalue weighted by Crippen LogP contribution is -2.26. The molecule has 5 rings (SSSR count). The summed E-state index contributed by atoms with van der Waals surface area (Å²) in [6.07, 6.45) is 4.58. The Balaban J connectivity index is 1.51. The number of thioether (sulfide) groups is 1. The Morgan fingerprint density at radius 1 is 0.903 bits per heavy atom. The molecule has 158 valence electrons. The minimum atomic E-state index is 0.691. The molecule has 1 saturated heterocycles. The summed E-state index contributed by atoms with van der Waals surface area (Å²) < 4.78 is 2.23. The van der Waals surface area contributed by atoms with Crippen molar-refractivity contribution in [2.75, 3.05) is 19.3 Å². The van der Waals surface area contributed by atoms with Gasteiger partial charge in [-0.1, -0.05) is 36.4 Å². The summed E-state index contributed by atoms with van der Waals surface area (Å²) in [5.41, 5.74) is 8.65. The lowest BCUT2D eigenvalue weighted by atomic mass is 9.89. The molecule has 0 unspecified atom stereocenters. The summed E-state index contributed by atoms with van der Waals surface area (Å²) in [7, 11) is 2.12. The van der Waals surface area contributed by atoms with Gasteiger partial charge in [-0.2, -0.15) is 0 Å². The molecule has 0 atom stereocenters. The number of fused-ring (bicyclic) bond motifs is 1. The average molecular weight is 428 g/mol. The predicted octanol–water partition coefficient (Wildman–Crippen LogP) is 6.40. The highest BCUT2D eigenvalue weighted by molar-refractivity contribution is 7.98. The van der Waals surface area contributed by atoms with E-state index >= 15 is 0 Å². The van der Waals surface area contributed by atoms with Crippen LogP contribution in [0.3, 0.4) is 0 Å². The molecule has 0 bridgehead atoms. The maximum absolute atomic E-state index is 5.00. The molecule has 1 fully saturated rings. The molecule has 1 N–H and O–H groups in total. The first-order chi connectivity index (χ1) is 15.1. The summed E-state index contributed by atoms with van der Waals surface area (Å²) >= 11 is 1.76. The van der Waals surface area contributed by atoms with E-state index in [1.165, 1.54) is 45.5 Å².